The van der Waals surface area contributed by atoms with Gasteiger partial charge in [0.15, 0.2) is 5.82 Å². The number of anilines is 1. The number of carbonyl (C=O) groups excluding carboxylic acids is 1. The summed E-state index contributed by atoms with van der Waals surface area (Å²) in [5.74, 6) is 2.04. The van der Waals surface area contributed by atoms with Crippen LogP contribution in [0.15, 0.2) is 28.8 Å². The van der Waals surface area contributed by atoms with Gasteiger partial charge in [-0.05, 0) is 46.4 Å². The zero-order valence-electron chi connectivity index (χ0n) is 22.8. The van der Waals surface area contributed by atoms with Gasteiger partial charge >= 0.3 is 6.09 Å². The number of aryl methyl sites for hydroxylation is 2. The number of alkyl halides is 1. The van der Waals surface area contributed by atoms with E-state index in [2.05, 4.69) is 15.8 Å². The van der Waals surface area contributed by atoms with Crippen LogP contribution in [0.25, 0.3) is 22.6 Å². The van der Waals surface area contributed by atoms with Gasteiger partial charge in [0, 0.05) is 24.2 Å². The number of halogens is 1. The van der Waals surface area contributed by atoms with Crippen molar-refractivity contribution in [2.24, 2.45) is 0 Å². The summed E-state index contributed by atoms with van der Waals surface area (Å²) in [7, 11) is 3.04. The lowest BCUT2D eigenvalue weighted by Crippen LogP contribution is -2.50. The summed E-state index contributed by atoms with van der Waals surface area (Å²) in [6.07, 6.45) is -2.14. The zero-order chi connectivity index (χ0) is 28.1. The maximum atomic E-state index is 15.2. The van der Waals surface area contributed by atoms with Gasteiger partial charge in [-0.15, -0.1) is 0 Å². The second kappa shape index (κ2) is 12.4. The summed E-state index contributed by atoms with van der Waals surface area (Å²) < 4.78 is 31.1. The van der Waals surface area contributed by atoms with Crippen LogP contribution >= 0.6 is 0 Å². The number of ether oxygens (including phenoxy) is 2. The van der Waals surface area contributed by atoms with Crippen LogP contribution in [-0.2, 0) is 4.74 Å². The molecule has 0 spiro atoms. The van der Waals surface area contributed by atoms with Gasteiger partial charge in [0.25, 0.3) is 0 Å². The van der Waals surface area contributed by atoms with Crippen molar-refractivity contribution in [2.45, 2.75) is 45.5 Å². The van der Waals surface area contributed by atoms with Crippen LogP contribution in [0.5, 0.6) is 5.75 Å². The third-order valence-corrected chi connectivity index (χ3v) is 6.69. The average Bonchev–Trinajstić information content (AvgIpc) is 3.26. The molecule has 1 amide bonds. The number of methoxy groups -OCH3 is 1. The van der Waals surface area contributed by atoms with E-state index in [1.54, 1.807) is 19.2 Å². The number of aliphatic hydroxyl groups excluding tert-OH is 1. The second-order valence-electron chi connectivity index (χ2n) is 9.59. The molecule has 2 aromatic heterocycles. The molecule has 3 atom stereocenters. The molecule has 3 heterocycles. The van der Waals surface area contributed by atoms with Crippen LogP contribution in [0, 0.1) is 20.8 Å². The molecule has 12 heteroatoms. The summed E-state index contributed by atoms with van der Waals surface area (Å²) in [4.78, 5) is 22.9. The van der Waals surface area contributed by atoms with Crippen LogP contribution < -0.4 is 15.4 Å². The first-order valence-corrected chi connectivity index (χ1v) is 12.8. The van der Waals surface area contributed by atoms with Crippen LogP contribution in [0.2, 0.25) is 0 Å². The maximum absolute atomic E-state index is 15.2. The lowest BCUT2D eigenvalue weighted by atomic mass is 10.0. The molecule has 1 aromatic carbocycles. The molecule has 0 bridgehead atoms. The summed E-state index contributed by atoms with van der Waals surface area (Å²) in [5, 5.41) is 20.3. The number of amides is 1. The Hall–Kier alpha value is -3.77. The Bertz CT molecular complexity index is 1280. The first-order chi connectivity index (χ1) is 18.7. The molecular weight excluding hydrogens is 507 g/mol. The van der Waals surface area contributed by atoms with Crippen LogP contribution in [0.3, 0.4) is 0 Å². The molecule has 1 aliphatic heterocycles. The topological polar surface area (TPSA) is 135 Å². The number of hydrogen-bond acceptors (Lipinski definition) is 10. The van der Waals surface area contributed by atoms with E-state index in [0.29, 0.717) is 59.6 Å². The van der Waals surface area contributed by atoms with Crippen molar-refractivity contribution in [3.05, 3.63) is 41.3 Å². The van der Waals surface area contributed by atoms with Gasteiger partial charge in [-0.1, -0.05) is 17.3 Å². The van der Waals surface area contributed by atoms with Crippen molar-refractivity contribution < 1.29 is 28.3 Å². The van der Waals surface area contributed by atoms with Crippen LogP contribution in [0.4, 0.5) is 15.0 Å². The lowest BCUT2D eigenvalue weighted by Gasteiger charge is -2.34. The molecule has 4 rings (SSSR count). The average molecular weight is 543 g/mol. The van der Waals surface area contributed by atoms with E-state index in [-0.39, 0.29) is 13.2 Å². The Labute approximate surface area is 226 Å². The quantitative estimate of drug-likeness (QED) is 0.370. The fourth-order valence-electron chi connectivity index (χ4n) is 4.60. The van der Waals surface area contributed by atoms with E-state index in [4.69, 9.17) is 24.0 Å². The lowest BCUT2D eigenvalue weighted by molar-refractivity contribution is 0.0871. The molecule has 0 radical (unpaired) electrons. The highest BCUT2D eigenvalue weighted by molar-refractivity contribution is 5.75. The Morgan fingerprint density at radius 1 is 1.31 bits per heavy atom. The molecular formula is C27H35FN6O5. The predicted octanol–water partition coefficient (Wildman–Crippen LogP) is 3.27. The summed E-state index contributed by atoms with van der Waals surface area (Å²) >= 11 is 0. The second-order valence-corrected chi connectivity index (χ2v) is 9.59. The minimum absolute atomic E-state index is 0.0726. The van der Waals surface area contributed by atoms with Crippen molar-refractivity contribution in [2.75, 3.05) is 45.7 Å². The molecule has 210 valence electrons. The van der Waals surface area contributed by atoms with E-state index in [1.165, 1.54) is 12.0 Å². The zero-order valence-corrected chi connectivity index (χ0v) is 22.8. The number of nitrogens with zero attached hydrogens (tertiary/aromatic N) is 4. The number of aromatic nitrogens is 3. The molecule has 3 N–H and O–H groups in total. The Balaban J connectivity index is 1.68. The van der Waals surface area contributed by atoms with Gasteiger partial charge in [0.1, 0.15) is 36.2 Å². The van der Waals surface area contributed by atoms with Crippen molar-refractivity contribution in [3.63, 3.8) is 0 Å². The SMILES string of the molecule is CNCC(O)COc1cccc(-c2nc(N[C@@H]3CCN(C(=O)OC)C[C@H]3F)c(C)c(-c3c(C)noc3C)n2)c1. The number of rotatable bonds is 9. The van der Waals surface area contributed by atoms with E-state index in [9.17, 15) is 9.90 Å². The highest BCUT2D eigenvalue weighted by Gasteiger charge is 2.33. The number of carbonyl (C=O) groups is 1. The molecule has 0 aliphatic carbocycles. The predicted molar refractivity (Wildman–Crippen MR) is 144 cm³/mol. The Morgan fingerprint density at radius 2 is 2.10 bits per heavy atom. The molecule has 1 fully saturated rings. The summed E-state index contributed by atoms with van der Waals surface area (Å²) in [6, 6.07) is 6.70. The van der Waals surface area contributed by atoms with Crippen LogP contribution in [-0.4, -0.2) is 89.9 Å². The first-order valence-electron chi connectivity index (χ1n) is 12.8. The van der Waals surface area contributed by atoms with Crippen molar-refractivity contribution in [1.82, 2.24) is 25.3 Å². The number of likely N-dealkylation sites (N-methyl/N-ethyl adjacent to an activating group) is 1. The standard InChI is InChI=1S/C27H35FN6O5/c1-15-24(23-16(2)33-39-17(23)3)31-26(18-7-6-8-20(11-18)38-14-19(35)12-29-4)32-25(15)30-22-9-10-34(13-21(22)28)27(36)37-5/h6-8,11,19,21-22,29,35H,9-10,12-14H2,1-5H3,(H,30,31,32)/t19?,21-,22-/m1/s1. The number of aliphatic hydroxyl groups is 1. The monoisotopic (exact) mass is 542 g/mol. The minimum Gasteiger partial charge on any atom is -0.491 e. The normalized spacial score (nSPS) is 18.1. The van der Waals surface area contributed by atoms with E-state index in [0.717, 1.165) is 11.1 Å². The third kappa shape index (κ3) is 6.45. The largest absolute Gasteiger partial charge is 0.491 e. The minimum atomic E-state index is -1.32. The number of benzene rings is 1. The van der Waals surface area contributed by atoms with Gasteiger partial charge in [0.05, 0.1) is 36.6 Å². The molecule has 0 saturated carbocycles. The number of hydrogen-bond donors (Lipinski definition) is 3. The van der Waals surface area contributed by atoms with Gasteiger partial charge < -0.3 is 34.6 Å². The fourth-order valence-corrected chi connectivity index (χ4v) is 4.60. The highest BCUT2D eigenvalue weighted by Crippen LogP contribution is 2.34. The molecule has 1 aliphatic rings. The van der Waals surface area contributed by atoms with E-state index < -0.39 is 24.4 Å². The first kappa shape index (κ1) is 28.2. The summed E-state index contributed by atoms with van der Waals surface area (Å²) in [6.45, 7) is 6.34. The van der Waals surface area contributed by atoms with E-state index in [1.807, 2.05) is 32.9 Å². The van der Waals surface area contributed by atoms with Crippen LogP contribution in [0.1, 0.15) is 23.4 Å². The van der Waals surface area contributed by atoms with E-state index >= 15 is 4.39 Å². The molecule has 1 saturated heterocycles. The molecule has 11 nitrogen and oxygen atoms in total. The maximum Gasteiger partial charge on any atom is 0.409 e. The third-order valence-electron chi connectivity index (χ3n) is 6.69. The molecule has 1 unspecified atom stereocenters. The number of piperidine rings is 1. The molecule has 39 heavy (non-hydrogen) atoms. The van der Waals surface area contributed by atoms with Gasteiger partial charge in [-0.2, -0.15) is 0 Å². The van der Waals surface area contributed by atoms with Gasteiger partial charge in [0.2, 0.25) is 0 Å². The van der Waals surface area contributed by atoms with Gasteiger partial charge in [-0.3, -0.25) is 0 Å². The fraction of sp³-hybridized carbons (Fsp3) is 0.481. The number of likely N-dealkylation sites (tertiary alicyclic amines) is 1. The van der Waals surface area contributed by atoms with Gasteiger partial charge in [-0.25, -0.2) is 19.2 Å². The Kier molecular flexibility index (Phi) is 8.97. The van der Waals surface area contributed by atoms with Crippen molar-refractivity contribution >= 4 is 11.9 Å². The van der Waals surface area contributed by atoms with Crippen molar-refractivity contribution in [3.8, 4) is 28.4 Å². The number of nitrogens with one attached hydrogen (secondary N) is 2. The molecule has 3 aromatic rings. The van der Waals surface area contributed by atoms with Crippen molar-refractivity contribution in [1.29, 1.82) is 0 Å². The smallest absolute Gasteiger partial charge is 0.409 e. The highest BCUT2D eigenvalue weighted by atomic mass is 19.1. The summed E-state index contributed by atoms with van der Waals surface area (Å²) in [5.41, 5.74) is 3.45. The Morgan fingerprint density at radius 3 is 2.77 bits per heavy atom.